The molecule has 0 aromatic rings. The summed E-state index contributed by atoms with van der Waals surface area (Å²) in [5.41, 5.74) is 0.680. The summed E-state index contributed by atoms with van der Waals surface area (Å²) in [6.45, 7) is 107. The molecule has 0 bridgehead atoms. The van der Waals surface area contributed by atoms with Gasteiger partial charge >= 0.3 is 0 Å². The summed E-state index contributed by atoms with van der Waals surface area (Å²) < 4.78 is 72.4. The lowest BCUT2D eigenvalue weighted by molar-refractivity contribution is -0.115. The van der Waals surface area contributed by atoms with Crippen molar-refractivity contribution in [3.05, 3.63) is 12.2 Å². The Kier molecular flexibility index (Phi) is 46.8. The van der Waals surface area contributed by atoms with Crippen LogP contribution in [0.4, 0.5) is 0 Å². The second-order valence-electron chi connectivity index (χ2n) is 45.7. The molecule has 0 radical (unpaired) electrons. The van der Waals surface area contributed by atoms with Crippen LogP contribution in [0, 0.1) is 0 Å². The van der Waals surface area contributed by atoms with Crippen molar-refractivity contribution in [2.24, 2.45) is 0 Å². The third-order valence-corrected chi connectivity index (χ3v) is 97.7. The minimum absolute atomic E-state index is 0.203. The maximum absolute atomic E-state index is 11.1. The zero-order valence-corrected chi connectivity index (χ0v) is 101. The molecular formula is C73H186BrNO11Si20. The zero-order valence-electron chi connectivity index (χ0n) is 79.4. The van der Waals surface area contributed by atoms with Gasteiger partial charge in [-0.3, -0.25) is 4.79 Å². The van der Waals surface area contributed by atoms with E-state index in [1.54, 1.807) is 6.92 Å². The van der Waals surface area contributed by atoms with Gasteiger partial charge in [-0.2, -0.15) is 0 Å². The number of Topliss-reactive ketones (excluding diaryl/α,β-unsaturated/α-hetero) is 1. The summed E-state index contributed by atoms with van der Waals surface area (Å²) in [6.07, 6.45) is 5.24. The highest BCUT2D eigenvalue weighted by atomic mass is 79.9. The number of alkyl halides is 1. The van der Waals surface area contributed by atoms with Gasteiger partial charge < -0.3 is 46.1 Å². The van der Waals surface area contributed by atoms with E-state index < -0.39 is 166 Å². The van der Waals surface area contributed by atoms with Crippen molar-refractivity contribution in [3.8, 4) is 0 Å². The molecule has 0 aromatic heterocycles. The van der Waals surface area contributed by atoms with Crippen molar-refractivity contribution >= 4 is 188 Å². The second-order valence-corrected chi connectivity index (χ2v) is 135. The van der Waals surface area contributed by atoms with Crippen LogP contribution in [0.5, 0.6) is 0 Å². The summed E-state index contributed by atoms with van der Waals surface area (Å²) in [5, 5.41) is 1.10. The predicted octanol–water partition coefficient (Wildman–Crippen LogP) is 27.9. The number of unbranched alkanes of at least 4 members (excludes halogenated alkanes) is 2. The molecule has 0 rings (SSSR count). The molecule has 0 aliphatic rings. The van der Waals surface area contributed by atoms with Crippen LogP contribution in [0.15, 0.2) is 12.2 Å². The Balaban J connectivity index is 0. The van der Waals surface area contributed by atoms with Gasteiger partial charge in [-0.05, 0) is 436 Å². The monoisotopic (exact) mass is 1890 g/mol. The van der Waals surface area contributed by atoms with Crippen molar-refractivity contribution in [3.63, 3.8) is 0 Å². The Morgan fingerprint density at radius 3 is 0.528 bits per heavy atom. The summed E-state index contributed by atoms with van der Waals surface area (Å²) in [7, 11) is -32.8. The Hall–Kier alpha value is 3.79. The summed E-state index contributed by atoms with van der Waals surface area (Å²) >= 11 is 3.62. The fraction of sp³-hybridized carbons (Fsp3) is 0.959. The lowest BCUT2D eigenvalue weighted by Crippen LogP contribution is -2.51. The van der Waals surface area contributed by atoms with Crippen molar-refractivity contribution in [2.75, 3.05) is 26.0 Å². The molecule has 0 spiro atoms. The lowest BCUT2D eigenvalue weighted by atomic mass is 10.1. The van der Waals surface area contributed by atoms with E-state index in [-0.39, 0.29) is 5.78 Å². The first-order valence-electron chi connectivity index (χ1n) is 41.9. The third kappa shape index (κ3) is 59.5. The van der Waals surface area contributed by atoms with Gasteiger partial charge in [0.25, 0.3) is 0 Å². The van der Waals surface area contributed by atoms with Crippen LogP contribution in [-0.2, 0) is 45.9 Å². The van der Waals surface area contributed by atoms with Crippen LogP contribution >= 0.6 is 15.9 Å². The molecule has 12 nitrogen and oxygen atoms in total. The fourth-order valence-corrected chi connectivity index (χ4v) is 129. The minimum Gasteiger partial charge on any atom is -0.456 e. The predicted molar refractivity (Wildman–Crippen MR) is 533 cm³/mol. The highest BCUT2D eigenvalue weighted by molar-refractivity contribution is 9.09. The molecule has 106 heavy (non-hydrogen) atoms. The van der Waals surface area contributed by atoms with E-state index in [1.807, 2.05) is 14.1 Å². The highest BCUT2D eigenvalue weighted by Crippen LogP contribution is 2.39. The second kappa shape index (κ2) is 44.4. The molecule has 0 fully saturated rings. The quantitative estimate of drug-likeness (QED) is 0.0250. The molecule has 0 aromatic carbocycles. The molecule has 636 valence electrons. The number of nitrogens with zero attached hydrogens (tertiary/aromatic N) is 1. The average molecular weight is 1900 g/mol. The SMILES string of the molecule is C=C(C)C(=O)CCCCN(C)C.C[Si](C)(C)O[Si](C)(C)CC[Si](C)(C)O[Si](C)(C)CC[Si](C)(C)O[Si](C)(C)CC[Si](C)(C)O[Si](C)(C)CC[Si](C)(C)O[Si](C)(C)CC[Si](C)(C)O[Si](C)(C)CC[Si](C)(C)O[Si](C)(C)CC[Si](C)(C)O[Si](C)(C)CC[Si](C)(C)O[Si](C)(C)CC[Si](C)(C)O[Si](C)(C)CCCCBr. The van der Waals surface area contributed by atoms with E-state index in [1.165, 1.54) is 128 Å². The molecule has 0 unspecified atom stereocenters. The van der Waals surface area contributed by atoms with Gasteiger partial charge in [0.15, 0.2) is 172 Å². The Labute approximate surface area is 692 Å². The van der Waals surface area contributed by atoms with E-state index in [4.69, 9.17) is 41.2 Å². The van der Waals surface area contributed by atoms with Gasteiger partial charge in [0, 0.05) is 11.8 Å². The molecule has 0 saturated carbocycles. The van der Waals surface area contributed by atoms with Crippen LogP contribution in [0.1, 0.15) is 39.0 Å². The number of ketones is 1. The normalized spacial score (nSPS) is 15.0. The molecule has 0 N–H and O–H groups in total. The fourth-order valence-electron chi connectivity index (χ4n) is 15.5. The van der Waals surface area contributed by atoms with Gasteiger partial charge in [-0.25, -0.2) is 0 Å². The van der Waals surface area contributed by atoms with Crippen molar-refractivity contribution < 1.29 is 45.9 Å². The van der Waals surface area contributed by atoms with E-state index in [0.29, 0.717) is 12.0 Å². The van der Waals surface area contributed by atoms with Crippen LogP contribution in [0.2, 0.25) is 383 Å². The molecule has 0 amide bonds. The Morgan fingerprint density at radius 1 is 0.245 bits per heavy atom. The van der Waals surface area contributed by atoms with Crippen LogP contribution < -0.4 is 0 Å². The summed E-state index contributed by atoms with van der Waals surface area (Å²) in [5.74, 6) is 0.203. The third-order valence-electron chi connectivity index (χ3n) is 20.4. The molecule has 0 heterocycles. The van der Waals surface area contributed by atoms with Crippen LogP contribution in [0.25, 0.3) is 0 Å². The molecule has 0 saturated heterocycles. The molecule has 0 atom stereocenters. The molecule has 0 aliphatic heterocycles. The first-order valence-corrected chi connectivity index (χ1v) is 106. The van der Waals surface area contributed by atoms with E-state index in [9.17, 15) is 4.79 Å². The number of halogens is 1. The van der Waals surface area contributed by atoms with Gasteiger partial charge in [-0.1, -0.05) is 28.9 Å². The maximum atomic E-state index is 11.1. The number of carbonyl (C=O) groups is 1. The van der Waals surface area contributed by atoms with Crippen molar-refractivity contribution in [2.45, 2.75) is 422 Å². The molecule has 0 aliphatic carbocycles. The standard InChI is InChI=1S/C63H167BrO10Si20.C10H19NO/c1-75(2,3)65-77(6,7)46-47-79(10,11)67-81(14,15)50-51-83(18,19)69-85(22,23)54-55-87(26,27)71-89(30,31)58-59-91(34,35)73-93(38,39)62-63-94(40,41)74-92(36,37)61-60-90(32,33)72-88(28,29)57-56-86(24,25)70-84(20,21)53-52-82(16,17)68-80(12,13)49-48-78(8,9)66-76(4,5)45-43-42-44-64;1-9(2)10(12)7-5-6-8-11(3)4/h42-63H2,1-41H3;1,5-8H2,2-4H3. The van der Waals surface area contributed by atoms with Crippen molar-refractivity contribution in [1.29, 1.82) is 0 Å². The maximum Gasteiger partial charge on any atom is 0.173 e. The Bertz CT molecular complexity index is 2580. The van der Waals surface area contributed by atoms with Gasteiger partial charge in [0.2, 0.25) is 0 Å². The number of hydrogen-bond acceptors (Lipinski definition) is 12. The molecular weight excluding hydrogens is 1710 g/mol. The smallest absolute Gasteiger partial charge is 0.173 e. The number of carbonyl (C=O) groups excluding carboxylic acids is 1. The number of allylic oxidation sites excluding steroid dienone is 1. The summed E-state index contributed by atoms with van der Waals surface area (Å²) in [4.78, 5) is 13.2. The topological polar surface area (TPSA) is 113 Å². The van der Waals surface area contributed by atoms with Crippen LogP contribution in [0.3, 0.4) is 0 Å². The van der Waals surface area contributed by atoms with Crippen molar-refractivity contribution in [1.82, 2.24) is 4.90 Å². The zero-order chi connectivity index (χ0) is 84.2. The molecule has 33 heteroatoms. The Morgan fingerprint density at radius 2 is 0.396 bits per heavy atom. The van der Waals surface area contributed by atoms with E-state index in [2.05, 4.69) is 296 Å². The van der Waals surface area contributed by atoms with Gasteiger partial charge in [-0.15, -0.1) is 0 Å². The average Bonchev–Trinajstić information content (AvgIpc) is 0.835. The first-order chi connectivity index (χ1) is 46.5. The number of hydrogen-bond donors (Lipinski definition) is 0. The summed E-state index contributed by atoms with van der Waals surface area (Å²) in [6, 6.07) is 22.7. The number of rotatable bonds is 57. The van der Waals surface area contributed by atoms with E-state index in [0.717, 1.165) is 24.7 Å². The minimum atomic E-state index is -1.93. The van der Waals surface area contributed by atoms with Crippen LogP contribution in [-0.4, -0.2) is 203 Å². The van der Waals surface area contributed by atoms with Gasteiger partial charge in [0.1, 0.15) is 0 Å². The first kappa shape index (κ1) is 112. The van der Waals surface area contributed by atoms with E-state index >= 15 is 0 Å². The largest absolute Gasteiger partial charge is 0.456 e. The lowest BCUT2D eigenvalue weighted by Gasteiger charge is -2.41. The highest BCUT2D eigenvalue weighted by Gasteiger charge is 2.47. The van der Waals surface area contributed by atoms with Gasteiger partial charge in [0.05, 0.1) is 0 Å².